The predicted molar refractivity (Wildman–Crippen MR) is 91.5 cm³/mol. The molecule has 1 aromatic carbocycles. The summed E-state index contributed by atoms with van der Waals surface area (Å²) in [5.41, 5.74) is 0.836. The number of benzene rings is 1. The van der Waals surface area contributed by atoms with Gasteiger partial charge in [-0.1, -0.05) is 30.4 Å². The van der Waals surface area contributed by atoms with Crippen LogP contribution in [0, 0.1) is 11.8 Å². The number of rotatable bonds is 5. The molecular weight excluding hydrogens is 320 g/mol. The number of imide groups is 1. The van der Waals surface area contributed by atoms with Crippen LogP contribution in [0.15, 0.2) is 36.4 Å². The van der Waals surface area contributed by atoms with Crippen molar-refractivity contribution in [1.29, 1.82) is 0 Å². The zero-order valence-electron chi connectivity index (χ0n) is 14.4. The second-order valence-electron chi connectivity index (χ2n) is 6.41. The van der Waals surface area contributed by atoms with Crippen LogP contribution in [-0.4, -0.2) is 35.8 Å². The molecule has 6 heteroatoms. The molecule has 0 spiro atoms. The Balaban J connectivity index is 1.66. The molecule has 2 aliphatic rings. The highest BCUT2D eigenvalue weighted by molar-refractivity contribution is 6.08. The molecule has 1 aliphatic heterocycles. The molecule has 0 bridgehead atoms. The predicted octanol–water partition coefficient (Wildman–Crippen LogP) is 1.65. The van der Waals surface area contributed by atoms with Crippen molar-refractivity contribution in [2.45, 2.75) is 32.4 Å². The summed E-state index contributed by atoms with van der Waals surface area (Å²) < 4.78 is 5.26. The Morgan fingerprint density at radius 3 is 2.40 bits per heavy atom. The fourth-order valence-corrected chi connectivity index (χ4v) is 3.50. The minimum absolute atomic E-state index is 0.237. The van der Waals surface area contributed by atoms with Gasteiger partial charge in [-0.2, -0.15) is 0 Å². The maximum atomic E-state index is 12.5. The molecule has 0 radical (unpaired) electrons. The zero-order valence-corrected chi connectivity index (χ0v) is 14.4. The van der Waals surface area contributed by atoms with Crippen molar-refractivity contribution in [2.24, 2.45) is 11.8 Å². The second kappa shape index (κ2) is 7.09. The van der Waals surface area contributed by atoms with Crippen LogP contribution in [-0.2, 0) is 20.9 Å². The van der Waals surface area contributed by atoms with E-state index >= 15 is 0 Å². The Bertz CT molecular complexity index is 702. The molecule has 3 amide bonds. The minimum Gasteiger partial charge on any atom is -0.496 e. The van der Waals surface area contributed by atoms with Crippen molar-refractivity contribution in [3.05, 3.63) is 42.0 Å². The average Bonchev–Trinajstić information content (AvgIpc) is 2.90. The molecular formula is C19H22N2O4. The molecule has 6 nitrogen and oxygen atoms in total. The van der Waals surface area contributed by atoms with Gasteiger partial charge in [0.1, 0.15) is 11.8 Å². The van der Waals surface area contributed by atoms with Gasteiger partial charge in [0.05, 0.1) is 18.9 Å². The SMILES string of the molecule is COc1ccccc1CNC(=O)C(C)N1C(=O)C2CC=CCC2C1=O. The van der Waals surface area contributed by atoms with Gasteiger partial charge >= 0.3 is 0 Å². The van der Waals surface area contributed by atoms with Crippen LogP contribution in [0.5, 0.6) is 5.75 Å². The number of carbonyl (C=O) groups excluding carboxylic acids is 3. The monoisotopic (exact) mass is 342 g/mol. The smallest absolute Gasteiger partial charge is 0.243 e. The third kappa shape index (κ3) is 3.16. The van der Waals surface area contributed by atoms with Crippen LogP contribution >= 0.6 is 0 Å². The first kappa shape index (κ1) is 17.2. The molecule has 25 heavy (non-hydrogen) atoms. The van der Waals surface area contributed by atoms with Crippen molar-refractivity contribution in [2.75, 3.05) is 7.11 Å². The standard InChI is InChI=1S/C19H22N2O4/c1-12(17(22)20-11-13-7-3-6-10-16(13)25-2)21-18(23)14-8-4-5-9-15(14)19(21)24/h3-7,10,12,14-15H,8-9,11H2,1-2H3,(H,20,22). The third-order valence-corrected chi connectivity index (χ3v) is 4.95. The number of hydrogen-bond acceptors (Lipinski definition) is 4. The normalized spacial score (nSPS) is 23.4. The van der Waals surface area contributed by atoms with E-state index in [-0.39, 0.29) is 36.1 Å². The van der Waals surface area contributed by atoms with E-state index < -0.39 is 6.04 Å². The first-order chi connectivity index (χ1) is 12.0. The summed E-state index contributed by atoms with van der Waals surface area (Å²) in [7, 11) is 1.57. The van der Waals surface area contributed by atoms with Crippen molar-refractivity contribution in [3.8, 4) is 5.75 Å². The number of methoxy groups -OCH3 is 1. The number of ether oxygens (including phenoxy) is 1. The Labute approximate surface area is 146 Å². The highest BCUT2D eigenvalue weighted by Crippen LogP contribution is 2.36. The van der Waals surface area contributed by atoms with E-state index in [1.54, 1.807) is 14.0 Å². The lowest BCUT2D eigenvalue weighted by Gasteiger charge is -2.22. The van der Waals surface area contributed by atoms with Gasteiger partial charge < -0.3 is 10.1 Å². The molecule has 1 N–H and O–H groups in total. The summed E-state index contributed by atoms with van der Waals surface area (Å²) >= 11 is 0. The van der Waals surface area contributed by atoms with Gasteiger partial charge in [0.15, 0.2) is 0 Å². The molecule has 3 rings (SSSR count). The summed E-state index contributed by atoms with van der Waals surface area (Å²) in [6.07, 6.45) is 5.01. The number of likely N-dealkylation sites (tertiary alicyclic amines) is 1. The van der Waals surface area contributed by atoms with E-state index in [1.165, 1.54) is 0 Å². The Kier molecular flexibility index (Phi) is 4.88. The first-order valence-corrected chi connectivity index (χ1v) is 8.46. The number of amides is 3. The molecule has 1 fully saturated rings. The largest absolute Gasteiger partial charge is 0.496 e. The van der Waals surface area contributed by atoms with Crippen LogP contribution in [0.3, 0.4) is 0 Å². The van der Waals surface area contributed by atoms with Crippen LogP contribution in [0.25, 0.3) is 0 Å². The molecule has 3 unspecified atom stereocenters. The lowest BCUT2D eigenvalue weighted by molar-refractivity contribution is -0.147. The number of fused-ring (bicyclic) bond motifs is 1. The lowest BCUT2D eigenvalue weighted by atomic mass is 9.85. The number of nitrogens with one attached hydrogen (secondary N) is 1. The Morgan fingerprint density at radius 1 is 1.20 bits per heavy atom. The topological polar surface area (TPSA) is 75.7 Å². The van der Waals surface area contributed by atoms with Gasteiger partial charge in [-0.15, -0.1) is 0 Å². The van der Waals surface area contributed by atoms with Gasteiger partial charge in [-0.05, 0) is 25.8 Å². The first-order valence-electron chi connectivity index (χ1n) is 8.46. The van der Waals surface area contributed by atoms with Crippen LogP contribution < -0.4 is 10.1 Å². The molecule has 0 saturated carbocycles. The number of allylic oxidation sites excluding steroid dienone is 2. The van der Waals surface area contributed by atoms with E-state index in [9.17, 15) is 14.4 Å². The average molecular weight is 342 g/mol. The number of para-hydroxylation sites is 1. The van der Waals surface area contributed by atoms with E-state index in [4.69, 9.17) is 4.74 Å². The summed E-state index contributed by atoms with van der Waals surface area (Å²) in [4.78, 5) is 38.7. The number of carbonyl (C=O) groups is 3. The quantitative estimate of drug-likeness (QED) is 0.652. The lowest BCUT2D eigenvalue weighted by Crippen LogP contribution is -2.48. The van der Waals surface area contributed by atoms with Crippen molar-refractivity contribution in [1.82, 2.24) is 10.2 Å². The van der Waals surface area contributed by atoms with E-state index in [0.29, 0.717) is 18.6 Å². The molecule has 1 aliphatic carbocycles. The molecule has 132 valence electrons. The van der Waals surface area contributed by atoms with Crippen molar-refractivity contribution in [3.63, 3.8) is 0 Å². The highest BCUT2D eigenvalue weighted by Gasteiger charge is 2.50. The Morgan fingerprint density at radius 2 is 1.80 bits per heavy atom. The van der Waals surface area contributed by atoms with Gasteiger partial charge in [-0.3, -0.25) is 19.3 Å². The molecule has 1 saturated heterocycles. The van der Waals surface area contributed by atoms with E-state index in [1.807, 2.05) is 36.4 Å². The fraction of sp³-hybridized carbons (Fsp3) is 0.421. The third-order valence-electron chi connectivity index (χ3n) is 4.95. The van der Waals surface area contributed by atoms with Gasteiger partial charge in [0, 0.05) is 12.1 Å². The number of hydrogen-bond donors (Lipinski definition) is 1. The van der Waals surface area contributed by atoms with E-state index in [2.05, 4.69) is 5.32 Å². The summed E-state index contributed by atoms with van der Waals surface area (Å²) in [6, 6.07) is 6.56. The van der Waals surface area contributed by atoms with Gasteiger partial charge in [0.2, 0.25) is 17.7 Å². The fourth-order valence-electron chi connectivity index (χ4n) is 3.50. The molecule has 1 aromatic rings. The number of nitrogens with zero attached hydrogens (tertiary/aromatic N) is 1. The second-order valence-corrected chi connectivity index (χ2v) is 6.41. The van der Waals surface area contributed by atoms with Crippen molar-refractivity contribution < 1.29 is 19.1 Å². The van der Waals surface area contributed by atoms with Gasteiger partial charge in [-0.25, -0.2) is 0 Å². The van der Waals surface area contributed by atoms with Crippen LogP contribution in [0.4, 0.5) is 0 Å². The van der Waals surface area contributed by atoms with Crippen LogP contribution in [0.1, 0.15) is 25.3 Å². The molecule has 0 aromatic heterocycles. The van der Waals surface area contributed by atoms with E-state index in [0.717, 1.165) is 10.5 Å². The van der Waals surface area contributed by atoms with Crippen molar-refractivity contribution >= 4 is 17.7 Å². The molecule has 1 heterocycles. The minimum atomic E-state index is -0.819. The maximum absolute atomic E-state index is 12.5. The maximum Gasteiger partial charge on any atom is 0.243 e. The molecule has 3 atom stereocenters. The highest BCUT2D eigenvalue weighted by atomic mass is 16.5. The van der Waals surface area contributed by atoms with Gasteiger partial charge in [0.25, 0.3) is 0 Å². The van der Waals surface area contributed by atoms with Crippen LogP contribution in [0.2, 0.25) is 0 Å². The zero-order chi connectivity index (χ0) is 18.0. The Hall–Kier alpha value is -2.63. The summed E-state index contributed by atoms with van der Waals surface area (Å²) in [5, 5.41) is 2.79. The summed E-state index contributed by atoms with van der Waals surface area (Å²) in [6.45, 7) is 1.87. The summed E-state index contributed by atoms with van der Waals surface area (Å²) in [5.74, 6) is -0.775.